The minimum absolute atomic E-state index is 0.0519. The highest BCUT2D eigenvalue weighted by atomic mass is 32.2. The van der Waals surface area contributed by atoms with Gasteiger partial charge in [-0.15, -0.1) is 0 Å². The lowest BCUT2D eigenvalue weighted by Gasteiger charge is -2.19. The Morgan fingerprint density at radius 2 is 1.97 bits per heavy atom. The summed E-state index contributed by atoms with van der Waals surface area (Å²) < 4.78 is 35.9. The highest BCUT2D eigenvalue weighted by Gasteiger charge is 2.28. The van der Waals surface area contributed by atoms with E-state index in [4.69, 9.17) is 4.42 Å². The van der Waals surface area contributed by atoms with Gasteiger partial charge >= 0.3 is 5.76 Å². The first kappa shape index (κ1) is 23.1. The van der Waals surface area contributed by atoms with Crippen molar-refractivity contribution >= 4 is 53.7 Å². The molecule has 0 bridgehead atoms. The van der Waals surface area contributed by atoms with Gasteiger partial charge in [0.05, 0.1) is 20.6 Å². The number of hydrogen-bond acceptors (Lipinski definition) is 7. The topological polar surface area (TPSA) is 123 Å². The van der Waals surface area contributed by atoms with Gasteiger partial charge in [0, 0.05) is 13.1 Å². The van der Waals surface area contributed by atoms with Crippen LogP contribution in [0, 0.1) is 12.8 Å². The number of aryl methyl sites for hydroxylation is 2. The number of carbonyl (C=O) groups excluding carboxylic acids is 1. The molecule has 9 nitrogen and oxygen atoms in total. The lowest BCUT2D eigenvalue weighted by molar-refractivity contribution is -0.118. The Kier molecular flexibility index (Phi) is 6.12. The molecule has 2 heterocycles. The normalized spacial score (nSPS) is 13.1. The molecule has 0 fully saturated rings. The molecule has 33 heavy (non-hydrogen) atoms. The first-order chi connectivity index (χ1) is 15.5. The van der Waals surface area contributed by atoms with Crippen LogP contribution in [0.3, 0.4) is 0 Å². The van der Waals surface area contributed by atoms with Gasteiger partial charge in [0.2, 0.25) is 15.9 Å². The van der Waals surface area contributed by atoms with Crippen molar-refractivity contribution in [1.29, 1.82) is 0 Å². The van der Waals surface area contributed by atoms with Gasteiger partial charge in [0.25, 0.3) is 0 Å². The number of anilines is 1. The summed E-state index contributed by atoms with van der Waals surface area (Å²) >= 11 is 1.33. The molecule has 0 aliphatic rings. The van der Waals surface area contributed by atoms with Gasteiger partial charge in [0.15, 0.2) is 10.7 Å². The Balaban J connectivity index is 1.59. The average molecular weight is 489 g/mol. The van der Waals surface area contributed by atoms with E-state index in [0.717, 1.165) is 15.8 Å². The molecule has 4 rings (SSSR count). The maximum Gasteiger partial charge on any atom is 0.419 e. The third-order valence-corrected chi connectivity index (χ3v) is 7.57. The zero-order chi connectivity index (χ0) is 23.9. The SMILES string of the molecule is Cc1ccc2nc(NC(=O)[C@@H](CC(C)C)NS(=O)(=O)c3ccc4c(c3)oc(=O)n4C)sc2c1. The molecule has 0 aliphatic carbocycles. The lowest BCUT2D eigenvalue weighted by Crippen LogP contribution is -2.44. The smallest absolute Gasteiger partial charge is 0.408 e. The summed E-state index contributed by atoms with van der Waals surface area (Å²) in [5.74, 6) is -1.03. The van der Waals surface area contributed by atoms with Gasteiger partial charge in [-0.1, -0.05) is 31.3 Å². The summed E-state index contributed by atoms with van der Waals surface area (Å²) in [6.45, 7) is 5.78. The number of oxazole rings is 1. The number of sulfonamides is 1. The number of aromatic nitrogens is 2. The van der Waals surface area contributed by atoms with Crippen LogP contribution in [0.5, 0.6) is 0 Å². The second kappa shape index (κ2) is 8.73. The largest absolute Gasteiger partial charge is 0.419 e. The van der Waals surface area contributed by atoms with Crippen molar-refractivity contribution in [2.24, 2.45) is 13.0 Å². The minimum Gasteiger partial charge on any atom is -0.408 e. The molecule has 0 unspecified atom stereocenters. The second-order valence-corrected chi connectivity index (χ2v) is 11.1. The van der Waals surface area contributed by atoms with Crippen molar-refractivity contribution in [3.05, 3.63) is 52.5 Å². The summed E-state index contributed by atoms with van der Waals surface area (Å²) in [6.07, 6.45) is 0.289. The molecule has 2 N–H and O–H groups in total. The lowest BCUT2D eigenvalue weighted by atomic mass is 10.0. The third-order valence-electron chi connectivity index (χ3n) is 5.17. The molecule has 1 amide bonds. The molecule has 0 saturated carbocycles. The maximum absolute atomic E-state index is 13.1. The molecule has 0 saturated heterocycles. The molecular formula is C22H24N4O5S2. The molecular weight excluding hydrogens is 464 g/mol. The number of nitrogens with one attached hydrogen (secondary N) is 2. The van der Waals surface area contributed by atoms with Crippen LogP contribution in [-0.2, 0) is 21.9 Å². The van der Waals surface area contributed by atoms with E-state index in [2.05, 4.69) is 15.0 Å². The molecule has 1 atom stereocenters. The number of nitrogens with zero attached hydrogens (tertiary/aromatic N) is 2. The van der Waals surface area contributed by atoms with Crippen LogP contribution in [0.2, 0.25) is 0 Å². The maximum atomic E-state index is 13.1. The van der Waals surface area contributed by atoms with Crippen molar-refractivity contribution in [1.82, 2.24) is 14.3 Å². The van der Waals surface area contributed by atoms with Crippen molar-refractivity contribution in [3.63, 3.8) is 0 Å². The quantitative estimate of drug-likeness (QED) is 0.411. The van der Waals surface area contributed by atoms with Crippen molar-refractivity contribution < 1.29 is 17.6 Å². The van der Waals surface area contributed by atoms with E-state index in [1.54, 1.807) is 0 Å². The monoisotopic (exact) mass is 488 g/mol. The van der Waals surface area contributed by atoms with Crippen molar-refractivity contribution in [2.75, 3.05) is 5.32 Å². The highest BCUT2D eigenvalue weighted by Crippen LogP contribution is 2.27. The molecule has 174 valence electrons. The Bertz CT molecular complexity index is 1510. The van der Waals surface area contributed by atoms with Gasteiger partial charge < -0.3 is 9.73 Å². The number of fused-ring (bicyclic) bond motifs is 2. The standard InChI is InChI=1S/C22H24N4O5S2/c1-12(2)9-16(20(27)24-21-23-15-7-5-13(3)10-19(15)32-21)25-33(29,30)14-6-8-17-18(11-14)31-22(28)26(17)4/h5-8,10-12,16,25H,9H2,1-4H3,(H,23,24,27)/t16-/m1/s1. The fourth-order valence-electron chi connectivity index (χ4n) is 3.49. The molecule has 0 spiro atoms. The molecule has 11 heteroatoms. The van der Waals surface area contributed by atoms with Crippen LogP contribution in [0.1, 0.15) is 25.8 Å². The number of carbonyl (C=O) groups is 1. The predicted molar refractivity (Wildman–Crippen MR) is 128 cm³/mol. The average Bonchev–Trinajstić information content (AvgIpc) is 3.25. The zero-order valence-corrected chi connectivity index (χ0v) is 20.2. The minimum atomic E-state index is -4.07. The number of benzene rings is 2. The van der Waals surface area contributed by atoms with E-state index in [-0.39, 0.29) is 22.8 Å². The van der Waals surface area contributed by atoms with Crippen LogP contribution in [-0.4, -0.2) is 29.9 Å². The zero-order valence-electron chi connectivity index (χ0n) is 18.6. The van der Waals surface area contributed by atoms with E-state index in [1.807, 2.05) is 39.0 Å². The van der Waals surface area contributed by atoms with Gasteiger partial charge in [-0.05, 0) is 49.1 Å². The van der Waals surface area contributed by atoms with E-state index in [0.29, 0.717) is 10.6 Å². The molecule has 0 radical (unpaired) electrons. The van der Waals surface area contributed by atoms with Crippen LogP contribution in [0.4, 0.5) is 5.13 Å². The summed E-state index contributed by atoms with van der Waals surface area (Å²) in [4.78, 5) is 29.1. The summed E-state index contributed by atoms with van der Waals surface area (Å²) in [5, 5.41) is 3.15. The van der Waals surface area contributed by atoms with E-state index < -0.39 is 27.7 Å². The third kappa shape index (κ3) is 4.85. The van der Waals surface area contributed by atoms with E-state index in [9.17, 15) is 18.0 Å². The Morgan fingerprint density at radius 1 is 1.21 bits per heavy atom. The fourth-order valence-corrected chi connectivity index (χ4v) is 5.68. The van der Waals surface area contributed by atoms with Crippen molar-refractivity contribution in [2.45, 2.75) is 38.1 Å². The molecule has 2 aromatic carbocycles. The fraction of sp³-hybridized carbons (Fsp3) is 0.318. The Labute approximate surface area is 194 Å². The first-order valence-electron chi connectivity index (χ1n) is 10.3. The van der Waals surface area contributed by atoms with Crippen LogP contribution in [0.15, 0.2) is 50.5 Å². The molecule has 2 aromatic heterocycles. The molecule has 4 aromatic rings. The van der Waals surface area contributed by atoms with Gasteiger partial charge in [-0.25, -0.2) is 18.2 Å². The van der Waals surface area contributed by atoms with Gasteiger partial charge in [-0.2, -0.15) is 4.72 Å². The molecule has 0 aliphatic heterocycles. The van der Waals surface area contributed by atoms with Crippen LogP contribution >= 0.6 is 11.3 Å². The number of amides is 1. The predicted octanol–water partition coefficient (Wildman–Crippen LogP) is 3.38. The number of hydrogen-bond donors (Lipinski definition) is 2. The summed E-state index contributed by atoms with van der Waals surface area (Å²) in [5.41, 5.74) is 2.47. The van der Waals surface area contributed by atoms with Crippen LogP contribution < -0.4 is 15.8 Å². The number of thiazole rings is 1. The Hall–Kier alpha value is -3.02. The van der Waals surface area contributed by atoms with Crippen molar-refractivity contribution in [3.8, 4) is 0 Å². The Morgan fingerprint density at radius 3 is 2.70 bits per heavy atom. The highest BCUT2D eigenvalue weighted by molar-refractivity contribution is 7.89. The first-order valence-corrected chi connectivity index (χ1v) is 12.6. The second-order valence-electron chi connectivity index (χ2n) is 8.34. The van der Waals surface area contributed by atoms with Gasteiger partial charge in [0.1, 0.15) is 6.04 Å². The number of rotatable bonds is 7. The summed E-state index contributed by atoms with van der Waals surface area (Å²) in [7, 11) is -2.53. The van der Waals surface area contributed by atoms with Gasteiger partial charge in [-0.3, -0.25) is 9.36 Å². The van der Waals surface area contributed by atoms with E-state index in [1.165, 1.54) is 41.2 Å². The summed E-state index contributed by atoms with van der Waals surface area (Å²) in [6, 6.07) is 8.93. The van der Waals surface area contributed by atoms with Crippen LogP contribution in [0.25, 0.3) is 21.3 Å². The van der Waals surface area contributed by atoms with E-state index >= 15 is 0 Å².